The van der Waals surface area contributed by atoms with Gasteiger partial charge in [-0.25, -0.2) is 4.98 Å². The van der Waals surface area contributed by atoms with Crippen LogP contribution in [0.5, 0.6) is 0 Å². The number of oxazole rings is 1. The van der Waals surface area contributed by atoms with Crippen LogP contribution in [0.25, 0.3) is 11.1 Å². The van der Waals surface area contributed by atoms with Gasteiger partial charge in [-0.3, -0.25) is 0 Å². The van der Waals surface area contributed by atoms with Crippen molar-refractivity contribution in [2.24, 2.45) is 0 Å². The molecule has 0 fully saturated rings. The molecule has 66 valence electrons. The Morgan fingerprint density at radius 1 is 1.50 bits per heavy atom. The van der Waals surface area contributed by atoms with Crippen molar-refractivity contribution in [3.63, 3.8) is 0 Å². The Kier molecular flexibility index (Phi) is 4.23. The zero-order valence-electron chi connectivity index (χ0n) is 7.90. The largest absolute Gasteiger partial charge is 1.00 e. The number of hydrogen-bond acceptors (Lipinski definition) is 4. The molecule has 0 bridgehead atoms. The van der Waals surface area contributed by atoms with E-state index < -0.39 is 5.97 Å². The van der Waals surface area contributed by atoms with Gasteiger partial charge in [0.25, 0.3) is 0 Å². The molecule has 1 aromatic heterocycles. The van der Waals surface area contributed by atoms with Crippen molar-refractivity contribution in [2.75, 3.05) is 0 Å². The van der Waals surface area contributed by atoms with E-state index in [1.807, 2.05) is 13.0 Å². The Morgan fingerprint density at radius 3 is 2.86 bits per heavy atom. The average molecular weight is 309 g/mol. The second kappa shape index (κ2) is 4.82. The molecule has 0 aliphatic rings. The van der Waals surface area contributed by atoms with E-state index >= 15 is 0 Å². The van der Waals surface area contributed by atoms with Crippen LogP contribution in [0.4, 0.5) is 0 Å². The first-order valence-corrected chi connectivity index (χ1v) is 3.75. The van der Waals surface area contributed by atoms with Crippen molar-refractivity contribution in [1.82, 2.24) is 4.98 Å². The summed E-state index contributed by atoms with van der Waals surface area (Å²) in [6.07, 6.45) is 0. The minimum atomic E-state index is -1.39. The Labute approximate surface area is 139 Å². The predicted octanol–water partition coefficient (Wildman–Crippen LogP) is -2.50. The molecule has 0 atom stereocenters. The number of fused-ring (bicyclic) bond motifs is 1. The van der Waals surface area contributed by atoms with Crippen LogP contribution in [0.3, 0.4) is 0 Å². The van der Waals surface area contributed by atoms with E-state index in [0.29, 0.717) is 11.1 Å². The van der Waals surface area contributed by atoms with E-state index in [4.69, 9.17) is 4.42 Å². The first-order valence-electron chi connectivity index (χ1n) is 3.75. The van der Waals surface area contributed by atoms with E-state index in [9.17, 15) is 9.90 Å². The molecule has 5 heteroatoms. The molecule has 0 amide bonds. The third-order valence-electron chi connectivity index (χ3n) is 1.72. The second-order valence-electron chi connectivity index (χ2n) is 2.78. The van der Waals surface area contributed by atoms with Crippen LogP contribution < -0.4 is 74.0 Å². The minimum Gasteiger partial charge on any atom is -0.540 e. The van der Waals surface area contributed by atoms with Crippen LogP contribution in [-0.2, 0) is 0 Å². The first kappa shape index (κ1) is 12.3. The number of carboxylic acids is 1. The fraction of sp³-hybridized carbons (Fsp3) is 0.111. The number of hydrogen-bond donors (Lipinski definition) is 0. The first-order chi connectivity index (χ1) is 6.16. The van der Waals surface area contributed by atoms with Gasteiger partial charge in [0.1, 0.15) is 11.5 Å². The zero-order valence-corrected chi connectivity index (χ0v) is 14.2. The summed E-state index contributed by atoms with van der Waals surface area (Å²) in [6.45, 7) is 1.90. The zero-order chi connectivity index (χ0) is 9.42. The van der Waals surface area contributed by atoms with Gasteiger partial charge in [0, 0.05) is 0 Å². The van der Waals surface area contributed by atoms with Gasteiger partial charge in [-0.2, -0.15) is 0 Å². The molecule has 2 aromatic rings. The summed E-state index contributed by atoms with van der Waals surface area (Å²) in [5.74, 6) is -1.77. The Morgan fingerprint density at radius 2 is 2.21 bits per heavy atom. The van der Waals surface area contributed by atoms with E-state index in [0.717, 1.165) is 5.56 Å². The molecule has 0 radical (unpaired) electrons. The Bertz CT molecular complexity index is 478. The summed E-state index contributed by atoms with van der Waals surface area (Å²) in [5.41, 5.74) is 2.01. The van der Waals surface area contributed by atoms with Crippen LogP contribution in [0.15, 0.2) is 22.6 Å². The van der Waals surface area contributed by atoms with Crippen molar-refractivity contribution in [1.29, 1.82) is 0 Å². The smallest absolute Gasteiger partial charge is 0.540 e. The number of benzene rings is 1. The SMILES string of the molecule is Cc1ccc2oc(C(=O)[O-])nc2c1.[Cs+]. The molecule has 0 aliphatic heterocycles. The molecule has 14 heavy (non-hydrogen) atoms. The van der Waals surface area contributed by atoms with Crippen LogP contribution >= 0.6 is 0 Å². The summed E-state index contributed by atoms with van der Waals surface area (Å²) < 4.78 is 4.91. The number of nitrogens with zero attached hydrogens (tertiary/aromatic N) is 1. The van der Waals surface area contributed by atoms with Gasteiger partial charge < -0.3 is 14.3 Å². The van der Waals surface area contributed by atoms with E-state index in [2.05, 4.69) is 4.98 Å². The number of aromatic nitrogens is 1. The third-order valence-corrected chi connectivity index (χ3v) is 1.72. The summed E-state index contributed by atoms with van der Waals surface area (Å²) >= 11 is 0. The molecule has 0 unspecified atom stereocenters. The molecule has 0 saturated heterocycles. The molecular formula is C9H6CsNO3. The minimum absolute atomic E-state index is 0. The van der Waals surface area contributed by atoms with Crippen LogP contribution in [-0.4, -0.2) is 11.0 Å². The molecule has 1 aromatic carbocycles. The second-order valence-corrected chi connectivity index (χ2v) is 2.78. The van der Waals surface area contributed by atoms with Crippen LogP contribution in [0.1, 0.15) is 16.2 Å². The summed E-state index contributed by atoms with van der Waals surface area (Å²) in [4.78, 5) is 14.1. The third kappa shape index (κ3) is 2.42. The van der Waals surface area contributed by atoms with E-state index in [1.54, 1.807) is 12.1 Å². The van der Waals surface area contributed by atoms with Gasteiger partial charge in [-0.1, -0.05) is 6.07 Å². The molecular weight excluding hydrogens is 303 g/mol. The van der Waals surface area contributed by atoms with Crippen molar-refractivity contribution >= 4 is 17.1 Å². The van der Waals surface area contributed by atoms with Crippen molar-refractivity contribution in [2.45, 2.75) is 6.92 Å². The fourth-order valence-electron chi connectivity index (χ4n) is 1.12. The number of carbonyl (C=O) groups is 1. The maximum Gasteiger partial charge on any atom is 1.00 e. The molecule has 1 heterocycles. The fourth-order valence-corrected chi connectivity index (χ4v) is 1.12. The molecule has 0 aliphatic carbocycles. The molecule has 0 spiro atoms. The van der Waals surface area contributed by atoms with E-state index in [-0.39, 0.29) is 74.8 Å². The predicted molar refractivity (Wildman–Crippen MR) is 43.1 cm³/mol. The number of rotatable bonds is 1. The van der Waals surface area contributed by atoms with Crippen LogP contribution in [0.2, 0.25) is 0 Å². The van der Waals surface area contributed by atoms with Crippen molar-refractivity contribution < 1.29 is 83.2 Å². The maximum atomic E-state index is 10.4. The van der Waals surface area contributed by atoms with Gasteiger partial charge in [-0.15, -0.1) is 0 Å². The van der Waals surface area contributed by atoms with Gasteiger partial charge in [0.15, 0.2) is 5.58 Å². The molecule has 0 saturated carbocycles. The normalized spacial score (nSPS) is 9.79. The Hall–Kier alpha value is 0.212. The molecule has 4 nitrogen and oxygen atoms in total. The van der Waals surface area contributed by atoms with Crippen molar-refractivity contribution in [3.8, 4) is 0 Å². The van der Waals surface area contributed by atoms with Gasteiger partial charge in [0.2, 0.25) is 5.89 Å². The number of carboxylic acid groups (broad SMARTS) is 1. The van der Waals surface area contributed by atoms with Crippen LogP contribution in [0, 0.1) is 6.92 Å². The van der Waals surface area contributed by atoms with Crippen molar-refractivity contribution in [3.05, 3.63) is 29.7 Å². The van der Waals surface area contributed by atoms with Gasteiger partial charge in [0.05, 0.1) is 0 Å². The molecule has 0 N–H and O–H groups in total. The van der Waals surface area contributed by atoms with Gasteiger partial charge in [-0.05, 0) is 24.6 Å². The average Bonchev–Trinajstić information content (AvgIpc) is 2.46. The summed E-state index contributed by atoms with van der Waals surface area (Å²) in [7, 11) is 0. The number of aromatic carboxylic acids is 1. The van der Waals surface area contributed by atoms with E-state index in [1.165, 1.54) is 0 Å². The monoisotopic (exact) mass is 309 g/mol. The quantitative estimate of drug-likeness (QED) is 0.584. The maximum absolute atomic E-state index is 10.4. The molecule has 2 rings (SSSR count). The number of aryl methyl sites for hydroxylation is 1. The standard InChI is InChI=1S/C9H7NO3.Cs/c1-5-2-3-7-6(4-5)10-8(13-7)9(11)12;/h2-4H,1H3,(H,11,12);/q;+1/p-1. The Balaban J connectivity index is 0.000000980. The van der Waals surface area contributed by atoms with Gasteiger partial charge >= 0.3 is 68.9 Å². The summed E-state index contributed by atoms with van der Waals surface area (Å²) in [5, 5.41) is 10.4. The number of carbonyl (C=O) groups excluding carboxylic acids is 1. The summed E-state index contributed by atoms with van der Waals surface area (Å²) in [6, 6.07) is 5.27. The topological polar surface area (TPSA) is 66.2 Å².